The number of hydrogen-bond acceptors (Lipinski definition) is 3. The molecule has 2 rings (SSSR count). The second-order valence-electron chi connectivity index (χ2n) is 6.56. The molecule has 1 aliphatic rings. The van der Waals surface area contributed by atoms with Crippen molar-refractivity contribution in [3.05, 3.63) is 35.9 Å². The van der Waals surface area contributed by atoms with Gasteiger partial charge in [0.05, 0.1) is 0 Å². The van der Waals surface area contributed by atoms with Crippen LogP contribution in [-0.4, -0.2) is 37.7 Å². The molecule has 27 heavy (non-hydrogen) atoms. The van der Waals surface area contributed by atoms with Crippen LogP contribution in [0.3, 0.4) is 0 Å². The van der Waals surface area contributed by atoms with E-state index >= 15 is 0 Å². The van der Waals surface area contributed by atoms with Crippen molar-refractivity contribution in [1.29, 1.82) is 5.26 Å². The van der Waals surface area contributed by atoms with Gasteiger partial charge in [-0.25, -0.2) is 0 Å². The minimum Gasteiger partial charge on any atom is -0.359 e. The molecule has 1 saturated carbocycles. The molecule has 0 atom stereocenters. The van der Waals surface area contributed by atoms with Crippen molar-refractivity contribution in [3.63, 3.8) is 0 Å². The second-order valence-corrected chi connectivity index (χ2v) is 6.56. The average Bonchev–Trinajstić information content (AvgIpc) is 2.67. The average molecular weight is 381 g/mol. The van der Waals surface area contributed by atoms with E-state index in [1.54, 1.807) is 13.2 Å². The molecule has 1 aliphatic carbocycles. The molecule has 1 aromatic rings. The van der Waals surface area contributed by atoms with E-state index in [2.05, 4.69) is 20.9 Å². The Balaban J connectivity index is 2.11. The quantitative estimate of drug-likeness (QED) is 0.424. The van der Waals surface area contributed by atoms with Gasteiger partial charge in [0.15, 0.2) is 0 Å². The molecule has 0 spiro atoms. The maximum absolute atomic E-state index is 12.6. The number of nitriles is 1. The number of guanidine groups is 1. The number of aliphatic imine (C=N–C) groups is 1. The Morgan fingerprint density at radius 2 is 1.93 bits per heavy atom. The summed E-state index contributed by atoms with van der Waals surface area (Å²) in [6, 6.07) is 9.32. The van der Waals surface area contributed by atoms with Crippen LogP contribution in [0.4, 0.5) is 13.2 Å². The molecule has 1 amide bonds. The summed E-state index contributed by atoms with van der Waals surface area (Å²) in [7, 11) is 1.65. The van der Waals surface area contributed by atoms with Gasteiger partial charge in [0, 0.05) is 25.0 Å². The molecule has 6 nitrogen and oxygen atoms in total. The van der Waals surface area contributed by atoms with Gasteiger partial charge in [-0.3, -0.25) is 4.79 Å². The van der Waals surface area contributed by atoms with Crippen LogP contribution >= 0.6 is 0 Å². The van der Waals surface area contributed by atoms with E-state index in [4.69, 9.17) is 5.26 Å². The highest BCUT2D eigenvalue weighted by atomic mass is 19.4. The highest BCUT2D eigenvalue weighted by Crippen LogP contribution is 2.39. The summed E-state index contributed by atoms with van der Waals surface area (Å²) < 4.78 is 37.7. The lowest BCUT2D eigenvalue weighted by molar-refractivity contribution is -0.173. The van der Waals surface area contributed by atoms with E-state index in [-0.39, 0.29) is 12.6 Å². The number of rotatable bonds is 4. The Labute approximate surface area is 155 Å². The van der Waals surface area contributed by atoms with E-state index in [1.165, 1.54) is 0 Å². The zero-order chi connectivity index (χ0) is 19.9. The van der Waals surface area contributed by atoms with Gasteiger partial charge in [-0.1, -0.05) is 30.3 Å². The molecular weight excluding hydrogens is 359 g/mol. The van der Waals surface area contributed by atoms with E-state index in [0.29, 0.717) is 31.6 Å². The van der Waals surface area contributed by atoms with Crippen molar-refractivity contribution in [2.75, 3.05) is 13.6 Å². The highest BCUT2D eigenvalue weighted by molar-refractivity contribution is 5.82. The third-order valence-electron chi connectivity index (χ3n) is 4.91. The predicted octanol–water partition coefficient (Wildman–Crippen LogP) is 2.19. The molecule has 1 aromatic carbocycles. The first-order chi connectivity index (χ1) is 12.8. The first-order valence-electron chi connectivity index (χ1n) is 8.62. The van der Waals surface area contributed by atoms with Crippen LogP contribution in [0.5, 0.6) is 0 Å². The van der Waals surface area contributed by atoms with E-state index < -0.39 is 17.5 Å². The molecule has 0 bridgehead atoms. The Morgan fingerprint density at radius 1 is 1.30 bits per heavy atom. The largest absolute Gasteiger partial charge is 0.471 e. The molecule has 1 fully saturated rings. The number of nitrogens with zero attached hydrogens (tertiary/aromatic N) is 2. The lowest BCUT2D eigenvalue weighted by Gasteiger charge is -2.41. The summed E-state index contributed by atoms with van der Waals surface area (Å²) in [4.78, 5) is 14.9. The van der Waals surface area contributed by atoms with Crippen LogP contribution < -0.4 is 16.0 Å². The Bertz CT molecular complexity index is 704. The fraction of sp³-hybridized carbons (Fsp3) is 0.500. The van der Waals surface area contributed by atoms with Gasteiger partial charge < -0.3 is 16.0 Å². The standard InChI is InChI=1S/C18H22F3N5O/c1-23-16(25-12-22)26-14-7-9-17(10-8-14,13-5-3-2-4-6-13)11-24-15(27)18(19,20)21/h2-6,14H,7-11H2,1H3,(H,24,27)(H2,23,25,26)/t14-,17-. The number of nitrogens with one attached hydrogen (secondary N) is 3. The molecule has 0 aromatic heterocycles. The van der Waals surface area contributed by atoms with Gasteiger partial charge in [-0.15, -0.1) is 4.99 Å². The normalized spacial score (nSPS) is 23.2. The maximum atomic E-state index is 12.6. The van der Waals surface area contributed by atoms with Gasteiger partial charge in [0.2, 0.25) is 12.2 Å². The van der Waals surface area contributed by atoms with Crippen LogP contribution in [-0.2, 0) is 10.2 Å². The third kappa shape index (κ3) is 5.36. The van der Waals surface area contributed by atoms with Crippen LogP contribution in [0.2, 0.25) is 0 Å². The molecule has 0 saturated heterocycles. The van der Waals surface area contributed by atoms with Crippen LogP contribution in [0.15, 0.2) is 35.3 Å². The van der Waals surface area contributed by atoms with Gasteiger partial charge in [-0.05, 0) is 31.2 Å². The number of benzene rings is 1. The molecular formula is C18H22F3N5O. The number of carbonyl (C=O) groups excluding carboxylic acids is 1. The smallest absolute Gasteiger partial charge is 0.359 e. The summed E-state index contributed by atoms with van der Waals surface area (Å²) in [5, 5.41) is 16.7. The summed E-state index contributed by atoms with van der Waals surface area (Å²) >= 11 is 0. The second kappa shape index (κ2) is 8.75. The number of alkyl halides is 3. The lowest BCUT2D eigenvalue weighted by Crippen LogP contribution is -2.50. The number of amides is 1. The predicted molar refractivity (Wildman–Crippen MR) is 94.7 cm³/mol. The molecule has 0 heterocycles. The first-order valence-corrected chi connectivity index (χ1v) is 8.62. The van der Waals surface area contributed by atoms with Crippen LogP contribution in [0, 0.1) is 11.5 Å². The third-order valence-corrected chi connectivity index (χ3v) is 4.91. The number of carbonyl (C=O) groups is 1. The fourth-order valence-corrected chi connectivity index (χ4v) is 3.43. The minimum absolute atomic E-state index is 0.0414. The summed E-state index contributed by atoms with van der Waals surface area (Å²) in [6.45, 7) is -0.0761. The van der Waals surface area contributed by atoms with Gasteiger partial charge >= 0.3 is 12.1 Å². The fourth-order valence-electron chi connectivity index (χ4n) is 3.43. The molecule has 146 valence electrons. The number of hydrogen-bond donors (Lipinski definition) is 3. The minimum atomic E-state index is -4.90. The summed E-state index contributed by atoms with van der Waals surface area (Å²) in [6.07, 6.45) is -0.664. The van der Waals surface area contributed by atoms with Crippen molar-refractivity contribution in [2.24, 2.45) is 4.99 Å². The molecule has 0 aliphatic heterocycles. The molecule has 0 unspecified atom stereocenters. The molecule has 3 N–H and O–H groups in total. The summed E-state index contributed by atoms with van der Waals surface area (Å²) in [5.41, 5.74) is 0.345. The Morgan fingerprint density at radius 3 is 2.44 bits per heavy atom. The lowest BCUT2D eigenvalue weighted by atomic mass is 9.68. The first kappa shape index (κ1) is 20.6. The van der Waals surface area contributed by atoms with Crippen molar-refractivity contribution < 1.29 is 18.0 Å². The van der Waals surface area contributed by atoms with Gasteiger partial charge in [0.1, 0.15) is 0 Å². The van der Waals surface area contributed by atoms with E-state index in [1.807, 2.05) is 30.3 Å². The topological polar surface area (TPSA) is 89.3 Å². The Kier molecular flexibility index (Phi) is 6.66. The van der Waals surface area contributed by atoms with Gasteiger partial charge in [0.25, 0.3) is 0 Å². The van der Waals surface area contributed by atoms with Crippen LogP contribution in [0.25, 0.3) is 0 Å². The maximum Gasteiger partial charge on any atom is 0.471 e. The van der Waals surface area contributed by atoms with Crippen LogP contribution in [0.1, 0.15) is 31.2 Å². The zero-order valence-electron chi connectivity index (χ0n) is 14.9. The number of halogens is 3. The van der Waals surface area contributed by atoms with Crippen molar-refractivity contribution in [3.8, 4) is 6.19 Å². The van der Waals surface area contributed by atoms with Crippen molar-refractivity contribution in [1.82, 2.24) is 16.0 Å². The van der Waals surface area contributed by atoms with Crippen molar-refractivity contribution in [2.45, 2.75) is 43.3 Å². The van der Waals surface area contributed by atoms with Gasteiger partial charge in [-0.2, -0.15) is 18.4 Å². The highest BCUT2D eigenvalue weighted by Gasteiger charge is 2.42. The Hall–Kier alpha value is -2.76. The molecule has 9 heteroatoms. The van der Waals surface area contributed by atoms with Crippen molar-refractivity contribution >= 4 is 11.9 Å². The van der Waals surface area contributed by atoms with E-state index in [0.717, 1.165) is 5.56 Å². The monoisotopic (exact) mass is 381 g/mol. The SMILES string of the molecule is CN/C(=N\C#N)N[C@H]1CC[C@](CNC(=O)C(F)(F)F)(c2ccccc2)CC1. The molecule has 0 radical (unpaired) electrons. The van der Waals surface area contributed by atoms with E-state index in [9.17, 15) is 18.0 Å². The zero-order valence-corrected chi connectivity index (χ0v) is 14.9. The summed E-state index contributed by atoms with van der Waals surface area (Å²) in [5.74, 6) is -1.56.